The molecule has 15 heavy (non-hydrogen) atoms. The molecule has 1 rings (SSSR count). The highest BCUT2D eigenvalue weighted by atomic mass is 35.7. The largest absolute Gasteiger partial charge is 0.434 e. The summed E-state index contributed by atoms with van der Waals surface area (Å²) in [5, 5.41) is 3.56. The molecule has 0 aliphatic heterocycles. The van der Waals surface area contributed by atoms with E-state index in [4.69, 9.17) is 10.7 Å². The molecular weight excluding hydrogens is 249 g/mol. The molecule has 0 unspecified atom stereocenters. The highest BCUT2D eigenvalue weighted by molar-refractivity contribution is 8.21. The van der Waals surface area contributed by atoms with Crippen LogP contribution in [0.4, 0.5) is 13.2 Å². The number of aryl methyl sites for hydroxylation is 1. The molecule has 0 saturated heterocycles. The van der Waals surface area contributed by atoms with Crippen LogP contribution < -0.4 is 0 Å². The maximum Gasteiger partial charge on any atom is 0.434 e. The fourth-order valence-corrected chi connectivity index (χ4v) is 1.67. The van der Waals surface area contributed by atoms with Gasteiger partial charge in [-0.2, -0.15) is 18.3 Å². The molecule has 0 fully saturated rings. The van der Waals surface area contributed by atoms with Crippen molar-refractivity contribution in [2.75, 3.05) is 0 Å². The van der Waals surface area contributed by atoms with Crippen LogP contribution in [0.25, 0.3) is 0 Å². The Morgan fingerprint density at radius 2 is 2.00 bits per heavy atom. The minimum absolute atomic E-state index is 0.0592. The lowest BCUT2D eigenvalue weighted by Gasteiger charge is -2.09. The quantitative estimate of drug-likeness (QED) is 0.793. The van der Waals surface area contributed by atoms with Gasteiger partial charge in [0.2, 0.25) is 0 Å². The average molecular weight is 261 g/mol. The molecular formula is C8H12ClF3N2S. The number of hydrogen-bond donors (Lipinski definition) is 0. The number of rotatable bonds is 2. The van der Waals surface area contributed by atoms with Crippen LogP contribution in [-0.4, -0.2) is 9.78 Å². The van der Waals surface area contributed by atoms with E-state index in [9.17, 15) is 13.2 Å². The highest BCUT2D eigenvalue weighted by Gasteiger charge is 2.37. The van der Waals surface area contributed by atoms with E-state index in [1.54, 1.807) is 6.92 Å². The van der Waals surface area contributed by atoms with Crippen LogP contribution in [0.15, 0.2) is 11.1 Å². The highest BCUT2D eigenvalue weighted by Crippen LogP contribution is 2.37. The van der Waals surface area contributed by atoms with Crippen molar-refractivity contribution in [3.05, 3.63) is 11.9 Å². The maximum absolute atomic E-state index is 12.4. The molecule has 0 spiro atoms. The first kappa shape index (κ1) is 14.6. The van der Waals surface area contributed by atoms with Crippen LogP contribution in [-0.2, 0) is 12.7 Å². The Bertz CT molecular complexity index is 277. The lowest BCUT2D eigenvalue weighted by molar-refractivity contribution is -0.146. The summed E-state index contributed by atoms with van der Waals surface area (Å²) in [5.74, 6) is 0. The molecule has 0 atom stereocenters. The van der Waals surface area contributed by atoms with Gasteiger partial charge in [0.1, 0.15) is 0 Å². The van der Waals surface area contributed by atoms with Crippen LogP contribution in [0, 0.1) is 0 Å². The monoisotopic (exact) mass is 260 g/mol. The summed E-state index contributed by atoms with van der Waals surface area (Å²) < 4.78 is 38.0. The fraction of sp³-hybridized carbons (Fsp3) is 0.625. The van der Waals surface area contributed by atoms with Gasteiger partial charge in [0.25, 0.3) is 0 Å². The molecule has 0 N–H and O–H groups in total. The van der Waals surface area contributed by atoms with Gasteiger partial charge in [-0.15, -0.1) is 0 Å². The van der Waals surface area contributed by atoms with Crippen LogP contribution in [0.3, 0.4) is 0 Å². The van der Waals surface area contributed by atoms with Gasteiger partial charge >= 0.3 is 6.18 Å². The summed E-state index contributed by atoms with van der Waals surface area (Å²) in [7, 11) is 5.80. The predicted molar refractivity (Wildman–Crippen MR) is 56.0 cm³/mol. The van der Waals surface area contributed by atoms with Crippen molar-refractivity contribution in [2.45, 2.75) is 38.4 Å². The van der Waals surface area contributed by atoms with E-state index in [2.05, 4.69) is 5.10 Å². The zero-order valence-electron chi connectivity index (χ0n) is 8.60. The van der Waals surface area contributed by atoms with Gasteiger partial charge in [-0.25, -0.2) is 0 Å². The average Bonchev–Trinajstić information content (AvgIpc) is 2.63. The molecule has 88 valence electrons. The molecule has 7 heteroatoms. The zero-order chi connectivity index (χ0) is 12.1. The molecule has 0 saturated carbocycles. The number of nitrogens with zero attached hydrogens (tertiary/aromatic N) is 2. The maximum atomic E-state index is 12.4. The van der Waals surface area contributed by atoms with E-state index in [1.807, 2.05) is 13.8 Å². The third-order valence-corrected chi connectivity index (χ3v) is 2.42. The second kappa shape index (κ2) is 6.27. The standard InChI is InChI=1S/C6H6ClF3N2S.C2H6/c1-2-12-5(6(8,9)10)4(13-7)3-11-12;1-2/h3H,2H2,1H3;1-2H3. The Hall–Kier alpha value is -0.360. The van der Waals surface area contributed by atoms with Crippen molar-refractivity contribution in [1.29, 1.82) is 0 Å². The van der Waals surface area contributed by atoms with Crippen molar-refractivity contribution in [1.82, 2.24) is 9.78 Å². The predicted octanol–water partition coefficient (Wildman–Crippen LogP) is 4.19. The van der Waals surface area contributed by atoms with Crippen molar-refractivity contribution >= 4 is 21.7 Å². The first-order valence-corrected chi connectivity index (χ1v) is 6.06. The Labute approximate surface area is 95.3 Å². The third-order valence-electron chi connectivity index (χ3n) is 1.46. The SMILES string of the molecule is CC.CCn1ncc(SCl)c1C(F)(F)F. The summed E-state index contributed by atoms with van der Waals surface area (Å²) >= 11 is 0. The number of halogens is 4. The molecule has 1 heterocycles. The zero-order valence-corrected chi connectivity index (χ0v) is 10.2. The van der Waals surface area contributed by atoms with E-state index < -0.39 is 11.9 Å². The summed E-state index contributed by atoms with van der Waals surface area (Å²) in [6.45, 7) is 5.76. The van der Waals surface area contributed by atoms with Gasteiger partial charge in [0.05, 0.1) is 11.1 Å². The van der Waals surface area contributed by atoms with E-state index in [-0.39, 0.29) is 11.4 Å². The van der Waals surface area contributed by atoms with E-state index >= 15 is 0 Å². The normalized spacial score (nSPS) is 10.9. The van der Waals surface area contributed by atoms with Gasteiger partial charge in [-0.3, -0.25) is 4.68 Å². The van der Waals surface area contributed by atoms with Gasteiger partial charge in [0.15, 0.2) is 5.69 Å². The smallest absolute Gasteiger partial charge is 0.260 e. The first-order valence-electron chi connectivity index (χ1n) is 4.42. The lowest BCUT2D eigenvalue weighted by Crippen LogP contribution is -2.14. The van der Waals surface area contributed by atoms with Crippen LogP contribution >= 0.6 is 21.7 Å². The Morgan fingerprint density at radius 3 is 2.33 bits per heavy atom. The van der Waals surface area contributed by atoms with Gasteiger partial charge in [-0.1, -0.05) is 13.8 Å². The number of aromatic nitrogens is 2. The summed E-state index contributed by atoms with van der Waals surface area (Å²) in [6.07, 6.45) is -3.28. The Balaban J connectivity index is 0.000000921. The van der Waals surface area contributed by atoms with E-state index in [1.165, 1.54) is 0 Å². The number of hydrogen-bond acceptors (Lipinski definition) is 2. The fourth-order valence-electron chi connectivity index (χ4n) is 0.950. The summed E-state index contributed by atoms with van der Waals surface area (Å²) in [4.78, 5) is -0.0592. The van der Waals surface area contributed by atoms with E-state index in [0.717, 1.165) is 10.9 Å². The van der Waals surface area contributed by atoms with Crippen molar-refractivity contribution < 1.29 is 13.2 Å². The van der Waals surface area contributed by atoms with E-state index in [0.29, 0.717) is 11.0 Å². The molecule has 0 aliphatic carbocycles. The van der Waals surface area contributed by atoms with Crippen molar-refractivity contribution in [3.63, 3.8) is 0 Å². The minimum Gasteiger partial charge on any atom is -0.260 e. The molecule has 1 aromatic rings. The molecule has 1 aromatic heterocycles. The molecule has 0 aromatic carbocycles. The van der Waals surface area contributed by atoms with Gasteiger partial charge < -0.3 is 0 Å². The van der Waals surface area contributed by atoms with Crippen LogP contribution in [0.5, 0.6) is 0 Å². The molecule has 2 nitrogen and oxygen atoms in total. The van der Waals surface area contributed by atoms with Gasteiger partial charge in [-0.05, 0) is 28.6 Å². The minimum atomic E-state index is -4.40. The second-order valence-corrected chi connectivity index (χ2v) is 3.31. The molecule has 0 amide bonds. The Kier molecular flexibility index (Phi) is 6.12. The third kappa shape index (κ3) is 3.61. The molecule has 0 aliphatic rings. The van der Waals surface area contributed by atoms with Crippen molar-refractivity contribution in [3.8, 4) is 0 Å². The summed E-state index contributed by atoms with van der Waals surface area (Å²) in [6, 6.07) is 0. The topological polar surface area (TPSA) is 17.8 Å². The second-order valence-electron chi connectivity index (χ2n) is 2.25. The molecule has 0 radical (unpaired) electrons. The molecule has 0 bridgehead atoms. The van der Waals surface area contributed by atoms with Crippen LogP contribution in [0.1, 0.15) is 26.5 Å². The first-order chi connectivity index (χ1) is 7.00. The van der Waals surface area contributed by atoms with Crippen molar-refractivity contribution in [2.24, 2.45) is 0 Å². The van der Waals surface area contributed by atoms with Crippen LogP contribution in [0.2, 0.25) is 0 Å². The van der Waals surface area contributed by atoms with Gasteiger partial charge in [0, 0.05) is 6.54 Å². The summed E-state index contributed by atoms with van der Waals surface area (Å²) in [5.41, 5.74) is -0.782. The Morgan fingerprint density at radius 1 is 1.47 bits per heavy atom. The lowest BCUT2D eigenvalue weighted by atomic mass is 10.4. The number of alkyl halides is 3.